The van der Waals surface area contributed by atoms with Crippen LogP contribution in [0.25, 0.3) is 0 Å². The first-order chi connectivity index (χ1) is 15.5. The summed E-state index contributed by atoms with van der Waals surface area (Å²) in [6, 6.07) is 12.1. The second-order valence-electron chi connectivity index (χ2n) is 7.30. The molecule has 2 heterocycles. The van der Waals surface area contributed by atoms with E-state index in [1.165, 1.54) is 29.2 Å². The molecule has 0 radical (unpaired) electrons. The number of para-hydroxylation sites is 1. The van der Waals surface area contributed by atoms with E-state index in [4.69, 9.17) is 4.74 Å². The predicted molar refractivity (Wildman–Crippen MR) is 125 cm³/mol. The van der Waals surface area contributed by atoms with Crippen LogP contribution in [0.5, 0.6) is 0 Å². The Balaban J connectivity index is 1.52. The molecule has 32 heavy (non-hydrogen) atoms. The molecule has 0 unspecified atom stereocenters. The summed E-state index contributed by atoms with van der Waals surface area (Å²) < 4.78 is 6.12. The monoisotopic (exact) mass is 470 g/mol. The number of amides is 1. The molecule has 166 valence electrons. The maximum absolute atomic E-state index is 12.9. The van der Waals surface area contributed by atoms with Crippen molar-refractivity contribution in [3.05, 3.63) is 74.8 Å². The molecule has 2 aromatic carbocycles. The van der Waals surface area contributed by atoms with Crippen LogP contribution < -0.4 is 5.32 Å². The largest absolute Gasteiger partial charge is 0.379 e. The molecule has 1 aromatic heterocycles. The highest BCUT2D eigenvalue weighted by atomic mass is 32.2. The molecule has 0 bridgehead atoms. The van der Waals surface area contributed by atoms with E-state index >= 15 is 0 Å². The Morgan fingerprint density at radius 3 is 2.78 bits per heavy atom. The van der Waals surface area contributed by atoms with E-state index in [0.717, 1.165) is 28.7 Å². The maximum atomic E-state index is 12.9. The number of nitro groups is 1. The fourth-order valence-electron chi connectivity index (χ4n) is 3.34. The molecule has 1 amide bonds. The summed E-state index contributed by atoms with van der Waals surface area (Å²) in [4.78, 5) is 31.2. The van der Waals surface area contributed by atoms with Crippen molar-refractivity contribution < 1.29 is 14.5 Å². The van der Waals surface area contributed by atoms with Gasteiger partial charge in [0.05, 0.1) is 23.0 Å². The molecule has 1 aliphatic rings. The van der Waals surface area contributed by atoms with Gasteiger partial charge in [0.15, 0.2) is 4.34 Å². The van der Waals surface area contributed by atoms with Gasteiger partial charge in [0, 0.05) is 48.0 Å². The molecule has 0 atom stereocenters. The molecule has 0 saturated carbocycles. The summed E-state index contributed by atoms with van der Waals surface area (Å²) in [7, 11) is 0. The van der Waals surface area contributed by atoms with Gasteiger partial charge >= 0.3 is 0 Å². The SMILES string of the molecule is Cc1csc(Sc2ccc(C(=O)Nc3ccccc3CN3CCOCC3)cc2[N+](=O)[O-])n1. The zero-order valence-corrected chi connectivity index (χ0v) is 19.1. The number of thiazole rings is 1. The molecule has 1 saturated heterocycles. The summed E-state index contributed by atoms with van der Waals surface area (Å²) in [6.07, 6.45) is 0. The fourth-order valence-corrected chi connectivity index (χ4v) is 5.21. The minimum atomic E-state index is -0.466. The summed E-state index contributed by atoms with van der Waals surface area (Å²) >= 11 is 2.66. The van der Waals surface area contributed by atoms with Gasteiger partial charge in [-0.1, -0.05) is 30.0 Å². The van der Waals surface area contributed by atoms with Crippen molar-refractivity contribution >= 4 is 40.4 Å². The lowest BCUT2D eigenvalue weighted by Gasteiger charge is -2.27. The third-order valence-corrected chi connectivity index (χ3v) is 7.10. The van der Waals surface area contributed by atoms with Gasteiger partial charge < -0.3 is 10.1 Å². The van der Waals surface area contributed by atoms with E-state index in [-0.39, 0.29) is 17.2 Å². The third-order valence-electron chi connectivity index (χ3n) is 4.98. The van der Waals surface area contributed by atoms with Crippen molar-refractivity contribution in [2.75, 3.05) is 31.6 Å². The van der Waals surface area contributed by atoms with E-state index in [2.05, 4.69) is 15.2 Å². The number of benzene rings is 2. The van der Waals surface area contributed by atoms with Crippen LogP contribution in [0, 0.1) is 17.0 Å². The number of hydrogen-bond acceptors (Lipinski definition) is 8. The van der Waals surface area contributed by atoms with Crippen molar-refractivity contribution in [2.24, 2.45) is 0 Å². The number of anilines is 1. The van der Waals surface area contributed by atoms with Crippen molar-refractivity contribution in [2.45, 2.75) is 22.7 Å². The molecule has 10 heteroatoms. The minimum absolute atomic E-state index is 0.114. The van der Waals surface area contributed by atoms with Crippen molar-refractivity contribution in [3.8, 4) is 0 Å². The molecule has 3 aromatic rings. The number of rotatable bonds is 7. The molecular formula is C22H22N4O4S2. The number of aromatic nitrogens is 1. The second kappa shape index (κ2) is 10.2. The highest BCUT2D eigenvalue weighted by molar-refractivity contribution is 8.01. The molecule has 0 spiro atoms. The predicted octanol–water partition coefficient (Wildman–Crippen LogP) is 4.60. The zero-order valence-electron chi connectivity index (χ0n) is 17.4. The standard InChI is InChI=1S/C22H22N4O4S2/c1-15-14-31-22(23-15)32-20-7-6-16(12-19(20)26(28)29)21(27)24-18-5-3-2-4-17(18)13-25-8-10-30-11-9-25/h2-7,12,14H,8-11,13H2,1H3,(H,24,27). The quantitative estimate of drug-likeness (QED) is 0.398. The van der Waals surface area contributed by atoms with Crippen LogP contribution in [0.3, 0.4) is 0 Å². The molecule has 1 aliphatic heterocycles. The highest BCUT2D eigenvalue weighted by Crippen LogP contribution is 2.37. The Bertz CT molecular complexity index is 1130. The smallest absolute Gasteiger partial charge is 0.284 e. The molecule has 4 rings (SSSR count). The second-order valence-corrected chi connectivity index (χ2v) is 9.44. The van der Waals surface area contributed by atoms with Crippen LogP contribution in [-0.2, 0) is 11.3 Å². The van der Waals surface area contributed by atoms with Crippen LogP contribution >= 0.6 is 23.1 Å². The van der Waals surface area contributed by atoms with Crippen molar-refractivity contribution in [1.82, 2.24) is 9.88 Å². The van der Waals surface area contributed by atoms with Gasteiger partial charge in [-0.25, -0.2) is 4.98 Å². The van der Waals surface area contributed by atoms with E-state index in [1.807, 2.05) is 36.6 Å². The van der Waals surface area contributed by atoms with Crippen molar-refractivity contribution in [1.29, 1.82) is 0 Å². The summed E-state index contributed by atoms with van der Waals surface area (Å²) in [5.74, 6) is -0.385. The minimum Gasteiger partial charge on any atom is -0.379 e. The van der Waals surface area contributed by atoms with Gasteiger partial charge in [0.1, 0.15) is 0 Å². The van der Waals surface area contributed by atoms with Crippen LogP contribution in [0.4, 0.5) is 11.4 Å². The van der Waals surface area contributed by atoms with Gasteiger partial charge in [0.25, 0.3) is 11.6 Å². The zero-order chi connectivity index (χ0) is 22.5. The average molecular weight is 471 g/mol. The number of morpholine rings is 1. The van der Waals surface area contributed by atoms with Crippen LogP contribution in [0.1, 0.15) is 21.6 Å². The van der Waals surface area contributed by atoms with Crippen LogP contribution in [-0.4, -0.2) is 47.0 Å². The Kier molecular flexibility index (Phi) is 7.15. The van der Waals surface area contributed by atoms with Crippen LogP contribution in [0.15, 0.2) is 57.1 Å². The molecule has 8 nitrogen and oxygen atoms in total. The van der Waals surface area contributed by atoms with Gasteiger partial charge in [0.2, 0.25) is 0 Å². The Labute approximate surface area is 193 Å². The first kappa shape index (κ1) is 22.4. The van der Waals surface area contributed by atoms with Gasteiger partial charge in [-0.15, -0.1) is 11.3 Å². The lowest BCUT2D eigenvalue weighted by Crippen LogP contribution is -2.35. The number of aryl methyl sites for hydroxylation is 1. The number of nitrogens with zero attached hydrogens (tertiary/aromatic N) is 3. The first-order valence-corrected chi connectivity index (χ1v) is 11.8. The highest BCUT2D eigenvalue weighted by Gasteiger charge is 2.20. The van der Waals surface area contributed by atoms with Gasteiger partial charge in [-0.05, 0) is 30.7 Å². The summed E-state index contributed by atoms with van der Waals surface area (Å²) in [6.45, 7) is 5.65. The number of carbonyl (C=O) groups excluding carboxylic acids is 1. The van der Waals surface area contributed by atoms with Crippen molar-refractivity contribution in [3.63, 3.8) is 0 Å². The topological polar surface area (TPSA) is 97.6 Å². The number of carbonyl (C=O) groups is 1. The molecular weight excluding hydrogens is 448 g/mol. The number of nitro benzene ring substituents is 1. The molecule has 1 fully saturated rings. The van der Waals surface area contributed by atoms with E-state index in [0.29, 0.717) is 30.3 Å². The van der Waals surface area contributed by atoms with E-state index in [1.54, 1.807) is 12.1 Å². The normalized spacial score (nSPS) is 14.3. The van der Waals surface area contributed by atoms with E-state index in [9.17, 15) is 14.9 Å². The van der Waals surface area contributed by atoms with Gasteiger partial charge in [-0.3, -0.25) is 19.8 Å². The first-order valence-electron chi connectivity index (χ1n) is 10.1. The maximum Gasteiger partial charge on any atom is 0.284 e. The third kappa shape index (κ3) is 5.52. The Morgan fingerprint density at radius 2 is 2.06 bits per heavy atom. The molecule has 0 aliphatic carbocycles. The lowest BCUT2D eigenvalue weighted by molar-refractivity contribution is -0.387. The average Bonchev–Trinajstić information content (AvgIpc) is 3.20. The van der Waals surface area contributed by atoms with Gasteiger partial charge in [-0.2, -0.15) is 0 Å². The van der Waals surface area contributed by atoms with E-state index < -0.39 is 4.92 Å². The fraction of sp³-hybridized carbons (Fsp3) is 0.273. The number of nitrogens with one attached hydrogen (secondary N) is 1. The summed E-state index contributed by atoms with van der Waals surface area (Å²) in [5, 5.41) is 16.5. The Hall–Kier alpha value is -2.79. The van der Waals surface area contributed by atoms with Crippen LogP contribution in [0.2, 0.25) is 0 Å². The lowest BCUT2D eigenvalue weighted by atomic mass is 10.1. The molecule has 1 N–H and O–H groups in total. The number of ether oxygens (including phenoxy) is 1. The number of hydrogen-bond donors (Lipinski definition) is 1. The Morgan fingerprint density at radius 1 is 1.28 bits per heavy atom. The summed E-state index contributed by atoms with van der Waals surface area (Å²) in [5.41, 5.74) is 2.67.